The molecular weight excluding hydrogens is 302 g/mol. The minimum atomic E-state index is -0.228. The van der Waals surface area contributed by atoms with Gasteiger partial charge in [-0.3, -0.25) is 4.79 Å². The normalized spacial score (nSPS) is 11.7. The van der Waals surface area contributed by atoms with E-state index in [-0.39, 0.29) is 11.9 Å². The number of furan rings is 1. The summed E-state index contributed by atoms with van der Waals surface area (Å²) in [7, 11) is 0. The van der Waals surface area contributed by atoms with Crippen molar-refractivity contribution in [3.63, 3.8) is 0 Å². The van der Waals surface area contributed by atoms with Gasteiger partial charge in [0.2, 0.25) is 0 Å². The van der Waals surface area contributed by atoms with E-state index in [0.29, 0.717) is 18.0 Å². The number of anilines is 1. The second-order valence-electron chi connectivity index (χ2n) is 5.47. The van der Waals surface area contributed by atoms with Gasteiger partial charge in [0, 0.05) is 6.04 Å². The maximum absolute atomic E-state index is 12.1. The van der Waals surface area contributed by atoms with Gasteiger partial charge < -0.3 is 15.1 Å². The molecule has 0 saturated heterocycles. The lowest BCUT2D eigenvalue weighted by atomic mass is 10.1. The maximum Gasteiger partial charge on any atom is 0.270 e. The number of rotatable bonds is 6. The second-order valence-corrected chi connectivity index (χ2v) is 5.47. The molecule has 0 radical (unpaired) electrons. The van der Waals surface area contributed by atoms with Crippen LogP contribution in [-0.4, -0.2) is 10.9 Å². The number of amides is 1. The van der Waals surface area contributed by atoms with E-state index in [0.717, 1.165) is 5.69 Å². The highest BCUT2D eigenvalue weighted by atomic mass is 16.3. The molecule has 0 spiro atoms. The van der Waals surface area contributed by atoms with Crippen molar-refractivity contribution in [1.82, 2.24) is 10.3 Å². The van der Waals surface area contributed by atoms with Crippen molar-refractivity contribution >= 4 is 11.6 Å². The zero-order valence-corrected chi connectivity index (χ0v) is 13.4. The molecule has 24 heavy (non-hydrogen) atoms. The van der Waals surface area contributed by atoms with Crippen molar-refractivity contribution in [3.05, 3.63) is 84.1 Å². The Morgan fingerprint density at radius 3 is 2.62 bits per heavy atom. The molecule has 0 bridgehead atoms. The molecule has 0 aliphatic carbocycles. The molecule has 5 nitrogen and oxygen atoms in total. The van der Waals surface area contributed by atoms with Crippen LogP contribution in [0.2, 0.25) is 0 Å². The number of carbonyl (C=O) groups is 1. The summed E-state index contributed by atoms with van der Waals surface area (Å²) in [6.07, 6.45) is 3.25. The quantitative estimate of drug-likeness (QED) is 0.725. The number of nitrogens with one attached hydrogen (secondary N) is 2. The van der Waals surface area contributed by atoms with Gasteiger partial charge in [-0.2, -0.15) is 0 Å². The molecular formula is C19H19N3O2. The molecule has 1 atom stereocenters. The topological polar surface area (TPSA) is 67.2 Å². The third-order valence-electron chi connectivity index (χ3n) is 3.68. The monoisotopic (exact) mass is 321 g/mol. The van der Waals surface area contributed by atoms with Crippen molar-refractivity contribution in [2.75, 3.05) is 5.32 Å². The predicted octanol–water partition coefficient (Wildman–Crippen LogP) is 3.78. The summed E-state index contributed by atoms with van der Waals surface area (Å²) in [5.74, 6) is 0.479. The van der Waals surface area contributed by atoms with Crippen LogP contribution < -0.4 is 10.6 Å². The Kier molecular flexibility index (Phi) is 4.91. The minimum absolute atomic E-state index is 0.159. The van der Waals surface area contributed by atoms with Gasteiger partial charge in [-0.25, -0.2) is 4.98 Å². The fraction of sp³-hybridized carbons (Fsp3) is 0.158. The summed E-state index contributed by atoms with van der Waals surface area (Å²) >= 11 is 0. The number of hydrogen-bond acceptors (Lipinski definition) is 4. The highest BCUT2D eigenvalue weighted by Gasteiger charge is 2.09. The molecule has 122 valence electrons. The summed E-state index contributed by atoms with van der Waals surface area (Å²) in [5.41, 5.74) is 2.44. The fourth-order valence-corrected chi connectivity index (χ4v) is 2.36. The van der Waals surface area contributed by atoms with Crippen molar-refractivity contribution in [2.45, 2.75) is 19.5 Å². The summed E-state index contributed by atoms with van der Waals surface area (Å²) < 4.78 is 5.18. The Hall–Kier alpha value is -3.08. The average molecular weight is 321 g/mol. The van der Waals surface area contributed by atoms with Gasteiger partial charge in [0.25, 0.3) is 5.91 Å². The van der Waals surface area contributed by atoms with Crippen molar-refractivity contribution in [1.29, 1.82) is 0 Å². The zero-order chi connectivity index (χ0) is 16.8. The number of hydrogen-bond donors (Lipinski definition) is 2. The molecule has 0 fully saturated rings. The average Bonchev–Trinajstić information content (AvgIpc) is 3.14. The third-order valence-corrected chi connectivity index (χ3v) is 3.68. The molecule has 2 heterocycles. The molecule has 5 heteroatoms. The summed E-state index contributed by atoms with van der Waals surface area (Å²) in [6, 6.07) is 17.5. The number of pyridine rings is 1. The number of nitrogens with zero attached hydrogens (tertiary/aromatic N) is 1. The van der Waals surface area contributed by atoms with Crippen LogP contribution in [-0.2, 0) is 6.54 Å². The third kappa shape index (κ3) is 4.01. The molecule has 0 aliphatic rings. The first-order valence-corrected chi connectivity index (χ1v) is 7.80. The highest BCUT2D eigenvalue weighted by Crippen LogP contribution is 2.18. The number of benzene rings is 1. The van der Waals surface area contributed by atoms with Crippen LogP contribution >= 0.6 is 0 Å². The molecule has 2 aromatic heterocycles. The molecule has 0 aliphatic heterocycles. The Morgan fingerprint density at radius 1 is 1.12 bits per heavy atom. The van der Waals surface area contributed by atoms with Gasteiger partial charge >= 0.3 is 0 Å². The van der Waals surface area contributed by atoms with E-state index >= 15 is 0 Å². The van der Waals surface area contributed by atoms with Crippen LogP contribution in [0.1, 0.15) is 34.8 Å². The van der Waals surface area contributed by atoms with Crippen molar-refractivity contribution in [2.24, 2.45) is 0 Å². The minimum Gasteiger partial charge on any atom is -0.467 e. The lowest BCUT2D eigenvalue weighted by molar-refractivity contribution is 0.0943. The SMILES string of the molecule is CC(Nc1ccc(C(=O)NCc2ccco2)nc1)c1ccccc1. The van der Waals surface area contributed by atoms with E-state index in [1.165, 1.54) is 5.56 Å². The molecule has 2 N–H and O–H groups in total. The van der Waals surface area contributed by atoms with Crippen molar-refractivity contribution < 1.29 is 9.21 Å². The lowest BCUT2D eigenvalue weighted by Gasteiger charge is -2.15. The first kappa shape index (κ1) is 15.8. The van der Waals surface area contributed by atoms with Gasteiger partial charge in [-0.15, -0.1) is 0 Å². The van der Waals surface area contributed by atoms with Crippen LogP contribution in [0.5, 0.6) is 0 Å². The van der Waals surface area contributed by atoms with Gasteiger partial charge in [-0.05, 0) is 36.8 Å². The van der Waals surface area contributed by atoms with Crippen LogP contribution in [0.25, 0.3) is 0 Å². The molecule has 1 unspecified atom stereocenters. The Labute approximate surface area is 140 Å². The molecule has 3 rings (SSSR count). The smallest absolute Gasteiger partial charge is 0.270 e. The molecule has 1 amide bonds. The highest BCUT2D eigenvalue weighted by molar-refractivity contribution is 5.92. The van der Waals surface area contributed by atoms with Crippen LogP contribution in [0.3, 0.4) is 0 Å². The van der Waals surface area contributed by atoms with Gasteiger partial charge in [0.15, 0.2) is 0 Å². The number of aromatic nitrogens is 1. The van der Waals surface area contributed by atoms with E-state index in [1.807, 2.05) is 30.3 Å². The van der Waals surface area contributed by atoms with Gasteiger partial charge in [-0.1, -0.05) is 30.3 Å². The largest absolute Gasteiger partial charge is 0.467 e. The van der Waals surface area contributed by atoms with Gasteiger partial charge in [0.05, 0.1) is 24.7 Å². The van der Waals surface area contributed by atoms with Crippen LogP contribution in [0, 0.1) is 0 Å². The van der Waals surface area contributed by atoms with E-state index < -0.39 is 0 Å². The van der Waals surface area contributed by atoms with E-state index in [4.69, 9.17) is 4.42 Å². The van der Waals surface area contributed by atoms with Crippen molar-refractivity contribution in [3.8, 4) is 0 Å². The lowest BCUT2D eigenvalue weighted by Crippen LogP contribution is -2.23. The first-order chi connectivity index (χ1) is 11.7. The Balaban J connectivity index is 1.57. The Morgan fingerprint density at radius 2 is 1.96 bits per heavy atom. The van der Waals surface area contributed by atoms with E-state index in [9.17, 15) is 4.79 Å². The predicted molar refractivity (Wildman–Crippen MR) is 92.6 cm³/mol. The zero-order valence-electron chi connectivity index (χ0n) is 13.4. The summed E-state index contributed by atoms with van der Waals surface area (Å²) in [6.45, 7) is 2.43. The second kappa shape index (κ2) is 7.46. The molecule has 0 saturated carbocycles. The maximum atomic E-state index is 12.1. The summed E-state index contributed by atoms with van der Waals surface area (Å²) in [4.78, 5) is 16.3. The fourth-order valence-electron chi connectivity index (χ4n) is 2.36. The van der Waals surface area contributed by atoms with Crippen LogP contribution in [0.15, 0.2) is 71.5 Å². The standard InChI is InChI=1S/C19H19N3O2/c1-14(15-6-3-2-4-7-15)22-16-9-10-18(20-12-16)19(23)21-13-17-8-5-11-24-17/h2-12,14,22H,13H2,1H3,(H,21,23). The van der Waals surface area contributed by atoms with E-state index in [2.05, 4.69) is 34.7 Å². The number of carbonyl (C=O) groups excluding carboxylic acids is 1. The van der Waals surface area contributed by atoms with Crippen LogP contribution in [0.4, 0.5) is 5.69 Å². The summed E-state index contributed by atoms with van der Waals surface area (Å²) in [5, 5.41) is 6.14. The van der Waals surface area contributed by atoms with Gasteiger partial charge in [0.1, 0.15) is 11.5 Å². The Bertz CT molecular complexity index is 768. The first-order valence-electron chi connectivity index (χ1n) is 7.80. The van der Waals surface area contributed by atoms with E-state index in [1.54, 1.807) is 24.6 Å². The molecule has 1 aromatic carbocycles. The molecule has 3 aromatic rings.